The van der Waals surface area contributed by atoms with Crippen molar-refractivity contribution in [3.63, 3.8) is 0 Å². The fourth-order valence-electron chi connectivity index (χ4n) is 5.90. The summed E-state index contributed by atoms with van der Waals surface area (Å²) in [5.74, 6) is 0.973. The molecule has 3 nitrogen and oxygen atoms in total. The molecule has 0 amide bonds. The molecule has 0 radical (unpaired) electrons. The van der Waals surface area contributed by atoms with Crippen LogP contribution in [0.2, 0.25) is 0 Å². The number of rotatable bonds is 5. The highest BCUT2D eigenvalue weighted by Gasteiger charge is 2.34. The number of piperidine rings is 1. The summed E-state index contributed by atoms with van der Waals surface area (Å²) in [6, 6.07) is 25.6. The predicted octanol–water partition coefficient (Wildman–Crippen LogP) is 7.52. The fraction of sp³-hybridized carbons (Fsp3) is 0.290. The molecule has 1 N–H and O–H groups in total. The van der Waals surface area contributed by atoms with Crippen LogP contribution in [0, 0.1) is 0 Å². The zero-order valence-electron chi connectivity index (χ0n) is 20.3. The number of fused-ring (bicyclic) bond motifs is 1. The lowest BCUT2D eigenvalue weighted by atomic mass is 9.89. The van der Waals surface area contributed by atoms with Crippen LogP contribution in [0.3, 0.4) is 0 Å². The van der Waals surface area contributed by atoms with Gasteiger partial charge in [0.05, 0.1) is 0 Å². The van der Waals surface area contributed by atoms with E-state index in [1.165, 1.54) is 29.5 Å². The molecular formula is C31H31BrN2OS. The maximum atomic E-state index is 11.6. The van der Waals surface area contributed by atoms with Crippen LogP contribution in [0.25, 0.3) is 10.8 Å². The molecule has 3 heterocycles. The van der Waals surface area contributed by atoms with Gasteiger partial charge in [0.1, 0.15) is 6.23 Å². The lowest BCUT2D eigenvalue weighted by Gasteiger charge is -2.32. The minimum Gasteiger partial charge on any atom is -0.377 e. The van der Waals surface area contributed by atoms with Gasteiger partial charge in [0, 0.05) is 48.3 Å². The Bertz CT molecular complexity index is 1350. The molecule has 1 aromatic heterocycles. The number of hydrogen-bond donors (Lipinski definition) is 1. The Morgan fingerprint density at radius 3 is 2.39 bits per heavy atom. The molecule has 4 aromatic rings. The molecule has 5 heteroatoms. The standard InChI is InChI=1S/C31H31BrN2OS/c32-30-11-10-28(26-8-4-5-9-27(26)30)31(35)34-19-25(29(20-34)24-14-17-36-21-24)18-33-15-12-23(13-16-33)22-6-2-1-3-7-22/h1-11,14,17-18,21,23,29,31,35H,12-13,15-16,19-20H2/b25-18+. The predicted molar refractivity (Wildman–Crippen MR) is 153 cm³/mol. The minimum atomic E-state index is -0.640. The first-order valence-electron chi connectivity index (χ1n) is 12.8. The van der Waals surface area contributed by atoms with Gasteiger partial charge in [-0.1, -0.05) is 76.6 Å². The van der Waals surface area contributed by atoms with Crippen LogP contribution in [-0.4, -0.2) is 41.1 Å². The van der Waals surface area contributed by atoms with Gasteiger partial charge in [-0.2, -0.15) is 11.3 Å². The third-order valence-electron chi connectivity index (χ3n) is 7.87. The third-order valence-corrected chi connectivity index (χ3v) is 9.27. The van der Waals surface area contributed by atoms with E-state index in [4.69, 9.17) is 0 Å². The summed E-state index contributed by atoms with van der Waals surface area (Å²) in [4.78, 5) is 4.75. The maximum absolute atomic E-state index is 11.6. The summed E-state index contributed by atoms with van der Waals surface area (Å²) >= 11 is 5.43. The fourth-order valence-corrected chi connectivity index (χ4v) is 7.09. The molecule has 6 rings (SSSR count). The number of aliphatic hydroxyl groups excluding tert-OH is 1. The van der Waals surface area contributed by atoms with Gasteiger partial charge in [0.2, 0.25) is 0 Å². The second kappa shape index (κ2) is 10.5. The van der Waals surface area contributed by atoms with Crippen LogP contribution in [-0.2, 0) is 0 Å². The van der Waals surface area contributed by atoms with E-state index in [-0.39, 0.29) is 0 Å². The van der Waals surface area contributed by atoms with Gasteiger partial charge in [-0.15, -0.1) is 0 Å². The highest BCUT2D eigenvalue weighted by Crippen LogP contribution is 2.40. The molecule has 0 spiro atoms. The van der Waals surface area contributed by atoms with E-state index in [9.17, 15) is 5.11 Å². The van der Waals surface area contributed by atoms with Gasteiger partial charge in [-0.05, 0) is 69.1 Å². The second-order valence-electron chi connectivity index (χ2n) is 10.0. The van der Waals surface area contributed by atoms with Crippen molar-refractivity contribution in [2.24, 2.45) is 0 Å². The largest absolute Gasteiger partial charge is 0.377 e. The molecule has 36 heavy (non-hydrogen) atoms. The molecule has 2 saturated heterocycles. The van der Waals surface area contributed by atoms with E-state index in [1.54, 1.807) is 11.3 Å². The van der Waals surface area contributed by atoms with Crippen LogP contribution in [0.15, 0.2) is 99.8 Å². The summed E-state index contributed by atoms with van der Waals surface area (Å²) in [7, 11) is 0. The lowest BCUT2D eigenvalue weighted by molar-refractivity contribution is 0.0207. The second-order valence-corrected chi connectivity index (χ2v) is 11.7. The smallest absolute Gasteiger partial charge is 0.134 e. The number of benzene rings is 3. The maximum Gasteiger partial charge on any atom is 0.134 e. The number of nitrogens with zero attached hydrogens (tertiary/aromatic N) is 2. The molecule has 2 unspecified atom stereocenters. The quantitative estimate of drug-likeness (QED) is 0.274. The van der Waals surface area contributed by atoms with E-state index < -0.39 is 6.23 Å². The normalized spacial score (nSPS) is 21.4. The SMILES string of the molecule is OC(c1ccc(Br)c2ccccc12)N1C/C(=C\N2CCC(c3ccccc3)CC2)C(c2ccsc2)C1. The molecule has 2 aliphatic rings. The van der Waals surface area contributed by atoms with E-state index in [1.807, 2.05) is 12.1 Å². The number of halogens is 1. The molecule has 2 atom stereocenters. The molecule has 2 aliphatic heterocycles. The van der Waals surface area contributed by atoms with Crippen molar-refractivity contribution in [1.29, 1.82) is 0 Å². The Labute approximate surface area is 225 Å². The Hall–Kier alpha value is -2.44. The summed E-state index contributed by atoms with van der Waals surface area (Å²) in [5.41, 5.74) is 5.22. The average molecular weight is 560 g/mol. The number of hydrogen-bond acceptors (Lipinski definition) is 4. The van der Waals surface area contributed by atoms with Gasteiger partial charge in [-0.25, -0.2) is 0 Å². The highest BCUT2D eigenvalue weighted by molar-refractivity contribution is 9.10. The molecule has 0 saturated carbocycles. The monoisotopic (exact) mass is 558 g/mol. The Morgan fingerprint density at radius 1 is 0.889 bits per heavy atom. The van der Waals surface area contributed by atoms with Crippen LogP contribution in [0.5, 0.6) is 0 Å². The van der Waals surface area contributed by atoms with Crippen LogP contribution in [0.4, 0.5) is 0 Å². The first-order valence-corrected chi connectivity index (χ1v) is 14.5. The van der Waals surface area contributed by atoms with Gasteiger partial charge >= 0.3 is 0 Å². The van der Waals surface area contributed by atoms with Crippen LogP contribution in [0.1, 0.15) is 47.6 Å². The molecule has 3 aromatic carbocycles. The van der Waals surface area contributed by atoms with Crippen molar-refractivity contribution < 1.29 is 5.11 Å². The molecular weight excluding hydrogens is 528 g/mol. The van der Waals surface area contributed by atoms with Crippen molar-refractivity contribution in [3.8, 4) is 0 Å². The molecule has 0 aliphatic carbocycles. The molecule has 0 bridgehead atoms. The van der Waals surface area contributed by atoms with Crippen molar-refractivity contribution in [3.05, 3.63) is 116 Å². The first kappa shape index (κ1) is 23.9. The van der Waals surface area contributed by atoms with Gasteiger partial charge in [0.15, 0.2) is 0 Å². The van der Waals surface area contributed by atoms with Crippen LogP contribution < -0.4 is 0 Å². The minimum absolute atomic E-state index is 0.319. The van der Waals surface area contributed by atoms with E-state index >= 15 is 0 Å². The van der Waals surface area contributed by atoms with Crippen molar-refractivity contribution in [2.45, 2.75) is 30.9 Å². The summed E-state index contributed by atoms with van der Waals surface area (Å²) in [5, 5.41) is 18.3. The zero-order valence-corrected chi connectivity index (χ0v) is 22.7. The Balaban J connectivity index is 1.23. The van der Waals surface area contributed by atoms with Gasteiger partial charge in [0.25, 0.3) is 0 Å². The van der Waals surface area contributed by atoms with Crippen LogP contribution >= 0.6 is 27.3 Å². The summed E-state index contributed by atoms with van der Waals surface area (Å²) in [6.45, 7) is 3.78. The lowest BCUT2D eigenvalue weighted by Crippen LogP contribution is -2.29. The number of aliphatic hydroxyl groups is 1. The first-order chi connectivity index (χ1) is 17.7. The Morgan fingerprint density at radius 2 is 1.64 bits per heavy atom. The topological polar surface area (TPSA) is 26.7 Å². The van der Waals surface area contributed by atoms with Crippen molar-refractivity contribution >= 4 is 38.0 Å². The average Bonchev–Trinajstić information content (AvgIpc) is 3.60. The van der Waals surface area contributed by atoms with Gasteiger partial charge in [-0.3, -0.25) is 4.90 Å². The molecule has 184 valence electrons. The Kier molecular flexibility index (Phi) is 6.98. The number of thiophene rings is 1. The van der Waals surface area contributed by atoms with E-state index in [0.717, 1.165) is 47.0 Å². The van der Waals surface area contributed by atoms with Crippen molar-refractivity contribution in [1.82, 2.24) is 9.80 Å². The molecule has 2 fully saturated rings. The van der Waals surface area contributed by atoms with Gasteiger partial charge < -0.3 is 10.0 Å². The van der Waals surface area contributed by atoms with E-state index in [2.05, 4.69) is 103 Å². The van der Waals surface area contributed by atoms with E-state index in [0.29, 0.717) is 11.8 Å². The summed E-state index contributed by atoms with van der Waals surface area (Å²) < 4.78 is 1.06. The number of likely N-dealkylation sites (tertiary alicyclic amines) is 2. The zero-order chi connectivity index (χ0) is 24.5. The highest BCUT2D eigenvalue weighted by atomic mass is 79.9. The third kappa shape index (κ3) is 4.78. The van der Waals surface area contributed by atoms with Crippen molar-refractivity contribution in [2.75, 3.05) is 26.2 Å². The summed E-state index contributed by atoms with van der Waals surface area (Å²) in [6.07, 6.45) is 4.15.